The number of rotatable bonds is 6. The van der Waals surface area contributed by atoms with Crippen molar-refractivity contribution < 1.29 is 9.53 Å². The molecule has 3 rings (SSSR count). The fraction of sp³-hybridized carbons (Fsp3) is 0.619. The number of anilines is 1. The molecule has 0 spiro atoms. The molecular weight excluding hydrogens is 340 g/mol. The van der Waals surface area contributed by atoms with E-state index in [1.54, 1.807) is 7.05 Å². The Hall–Kier alpha value is -2.08. The van der Waals surface area contributed by atoms with Gasteiger partial charge >= 0.3 is 0 Å². The van der Waals surface area contributed by atoms with Crippen molar-refractivity contribution >= 4 is 17.6 Å². The first-order chi connectivity index (χ1) is 13.3. The van der Waals surface area contributed by atoms with Crippen LogP contribution in [0.2, 0.25) is 0 Å². The Morgan fingerprint density at radius 2 is 1.96 bits per heavy atom. The van der Waals surface area contributed by atoms with Gasteiger partial charge in [0.05, 0.1) is 19.3 Å². The molecule has 1 aliphatic carbocycles. The average molecular weight is 373 g/mol. The van der Waals surface area contributed by atoms with E-state index in [-0.39, 0.29) is 12.5 Å². The van der Waals surface area contributed by atoms with Crippen molar-refractivity contribution in [2.24, 2.45) is 4.99 Å². The monoisotopic (exact) mass is 372 g/mol. The number of benzene rings is 1. The molecule has 2 N–H and O–H groups in total. The second-order valence-corrected chi connectivity index (χ2v) is 7.26. The standard InChI is InChI=1S/C21H32N4O2/c1-22-21(23-13-15-27-18-9-4-2-3-5-10-18)24-16-20(26)25-14-12-17-8-6-7-11-19(17)25/h6-8,11,18H,2-5,9-10,12-16H2,1H3,(H2,22,23,24). The number of nitrogens with one attached hydrogen (secondary N) is 2. The molecule has 1 aromatic rings. The van der Waals surface area contributed by atoms with Crippen molar-refractivity contribution in [3.8, 4) is 0 Å². The minimum atomic E-state index is 0.0672. The maximum Gasteiger partial charge on any atom is 0.246 e. The Bertz CT molecular complexity index is 639. The van der Waals surface area contributed by atoms with Crippen LogP contribution in [0.3, 0.4) is 0 Å². The summed E-state index contributed by atoms with van der Waals surface area (Å²) in [6.45, 7) is 2.34. The molecule has 1 aromatic carbocycles. The van der Waals surface area contributed by atoms with E-state index in [1.807, 2.05) is 23.1 Å². The minimum Gasteiger partial charge on any atom is -0.376 e. The van der Waals surface area contributed by atoms with Crippen molar-refractivity contribution in [1.82, 2.24) is 10.6 Å². The number of carbonyl (C=O) groups is 1. The summed E-state index contributed by atoms with van der Waals surface area (Å²) in [5, 5.41) is 6.35. The summed E-state index contributed by atoms with van der Waals surface area (Å²) in [6.07, 6.45) is 8.92. The first kappa shape index (κ1) is 19.7. The summed E-state index contributed by atoms with van der Waals surface area (Å²) in [4.78, 5) is 18.6. The van der Waals surface area contributed by atoms with Crippen molar-refractivity contribution in [1.29, 1.82) is 0 Å². The van der Waals surface area contributed by atoms with E-state index in [4.69, 9.17) is 4.74 Å². The number of carbonyl (C=O) groups excluding carboxylic acids is 1. The summed E-state index contributed by atoms with van der Waals surface area (Å²) in [5.74, 6) is 0.706. The number of guanidine groups is 1. The van der Waals surface area contributed by atoms with Crippen molar-refractivity contribution in [3.05, 3.63) is 29.8 Å². The number of amides is 1. The van der Waals surface area contributed by atoms with Gasteiger partial charge in [0.25, 0.3) is 0 Å². The summed E-state index contributed by atoms with van der Waals surface area (Å²) >= 11 is 0. The number of hydrogen-bond acceptors (Lipinski definition) is 3. The van der Waals surface area contributed by atoms with Crippen LogP contribution in [0, 0.1) is 0 Å². The SMILES string of the molecule is CN=C(NCCOC1CCCCCC1)NCC(=O)N1CCc2ccccc21. The number of aliphatic imine (C=N–C) groups is 1. The molecule has 27 heavy (non-hydrogen) atoms. The zero-order valence-corrected chi connectivity index (χ0v) is 16.4. The molecule has 0 aromatic heterocycles. The van der Waals surface area contributed by atoms with Gasteiger partial charge in [-0.3, -0.25) is 9.79 Å². The number of ether oxygens (including phenoxy) is 1. The van der Waals surface area contributed by atoms with E-state index in [1.165, 1.54) is 44.1 Å². The summed E-state index contributed by atoms with van der Waals surface area (Å²) in [5.41, 5.74) is 2.27. The molecule has 0 unspecified atom stereocenters. The topological polar surface area (TPSA) is 66.0 Å². The van der Waals surface area contributed by atoms with Gasteiger partial charge in [-0.25, -0.2) is 0 Å². The van der Waals surface area contributed by atoms with Crippen LogP contribution in [0.5, 0.6) is 0 Å². The zero-order valence-electron chi connectivity index (χ0n) is 16.4. The number of hydrogen-bond donors (Lipinski definition) is 2. The second-order valence-electron chi connectivity index (χ2n) is 7.26. The minimum absolute atomic E-state index is 0.0672. The summed E-state index contributed by atoms with van der Waals surface area (Å²) in [6, 6.07) is 8.10. The molecule has 0 saturated heterocycles. The van der Waals surface area contributed by atoms with Crippen LogP contribution >= 0.6 is 0 Å². The molecule has 1 saturated carbocycles. The molecule has 0 bridgehead atoms. The van der Waals surface area contributed by atoms with Crippen LogP contribution in [0.1, 0.15) is 44.1 Å². The van der Waals surface area contributed by atoms with E-state index < -0.39 is 0 Å². The molecule has 1 aliphatic heterocycles. The molecule has 6 heteroatoms. The largest absolute Gasteiger partial charge is 0.376 e. The zero-order chi connectivity index (χ0) is 18.9. The quantitative estimate of drug-likeness (QED) is 0.348. The number of fused-ring (bicyclic) bond motifs is 1. The molecule has 6 nitrogen and oxygen atoms in total. The lowest BCUT2D eigenvalue weighted by atomic mass is 10.1. The highest BCUT2D eigenvalue weighted by molar-refractivity contribution is 5.98. The van der Waals surface area contributed by atoms with Crippen molar-refractivity contribution in [2.45, 2.75) is 51.0 Å². The first-order valence-corrected chi connectivity index (χ1v) is 10.2. The lowest BCUT2D eigenvalue weighted by Gasteiger charge is -2.19. The van der Waals surface area contributed by atoms with Gasteiger partial charge in [-0.1, -0.05) is 43.9 Å². The van der Waals surface area contributed by atoms with Crippen LogP contribution in [0.4, 0.5) is 5.69 Å². The summed E-state index contributed by atoms with van der Waals surface area (Å²) < 4.78 is 5.98. The van der Waals surface area contributed by atoms with E-state index in [2.05, 4.69) is 21.7 Å². The van der Waals surface area contributed by atoms with Gasteiger partial charge in [0, 0.05) is 25.8 Å². The maximum absolute atomic E-state index is 12.6. The number of nitrogens with zero attached hydrogens (tertiary/aromatic N) is 2. The predicted octanol–water partition coefficient (Wildman–Crippen LogP) is 2.48. The Morgan fingerprint density at radius 1 is 1.19 bits per heavy atom. The molecule has 0 atom stereocenters. The average Bonchev–Trinajstić information content (AvgIpc) is 2.96. The Kier molecular flexibility index (Phi) is 7.51. The Morgan fingerprint density at radius 3 is 2.74 bits per heavy atom. The first-order valence-electron chi connectivity index (χ1n) is 10.2. The highest BCUT2D eigenvalue weighted by Crippen LogP contribution is 2.27. The van der Waals surface area contributed by atoms with Gasteiger partial charge in [-0.2, -0.15) is 0 Å². The van der Waals surface area contributed by atoms with E-state index in [9.17, 15) is 4.79 Å². The van der Waals surface area contributed by atoms with Crippen LogP contribution < -0.4 is 15.5 Å². The fourth-order valence-corrected chi connectivity index (χ4v) is 3.88. The second kappa shape index (κ2) is 10.3. The highest BCUT2D eigenvalue weighted by atomic mass is 16.5. The lowest BCUT2D eigenvalue weighted by Crippen LogP contribution is -2.45. The van der Waals surface area contributed by atoms with Crippen LogP contribution in [0.25, 0.3) is 0 Å². The van der Waals surface area contributed by atoms with Gasteiger partial charge in [0.15, 0.2) is 5.96 Å². The molecule has 0 radical (unpaired) electrons. The van der Waals surface area contributed by atoms with Gasteiger partial charge in [0.1, 0.15) is 0 Å². The van der Waals surface area contributed by atoms with Crippen LogP contribution in [-0.4, -0.2) is 51.3 Å². The van der Waals surface area contributed by atoms with Crippen molar-refractivity contribution in [3.63, 3.8) is 0 Å². The molecule has 1 fully saturated rings. The van der Waals surface area contributed by atoms with Gasteiger partial charge in [-0.05, 0) is 30.9 Å². The smallest absolute Gasteiger partial charge is 0.246 e. The highest BCUT2D eigenvalue weighted by Gasteiger charge is 2.23. The molecular formula is C21H32N4O2. The van der Waals surface area contributed by atoms with E-state index >= 15 is 0 Å². The van der Waals surface area contributed by atoms with Crippen LogP contribution in [0.15, 0.2) is 29.3 Å². The van der Waals surface area contributed by atoms with Crippen molar-refractivity contribution in [2.75, 3.05) is 38.2 Å². The van der Waals surface area contributed by atoms with Gasteiger partial charge < -0.3 is 20.3 Å². The Balaban J connectivity index is 1.36. The lowest BCUT2D eigenvalue weighted by molar-refractivity contribution is -0.117. The third kappa shape index (κ3) is 5.70. The third-order valence-corrected chi connectivity index (χ3v) is 5.37. The maximum atomic E-state index is 12.6. The molecule has 2 aliphatic rings. The fourth-order valence-electron chi connectivity index (χ4n) is 3.88. The van der Waals surface area contributed by atoms with E-state index in [0.717, 1.165) is 18.7 Å². The third-order valence-electron chi connectivity index (χ3n) is 5.37. The molecule has 1 amide bonds. The van der Waals surface area contributed by atoms with Gasteiger partial charge in [0.2, 0.25) is 5.91 Å². The predicted molar refractivity (Wildman–Crippen MR) is 109 cm³/mol. The number of para-hydroxylation sites is 1. The van der Waals surface area contributed by atoms with E-state index in [0.29, 0.717) is 25.2 Å². The van der Waals surface area contributed by atoms with Crippen LogP contribution in [-0.2, 0) is 16.0 Å². The summed E-state index contributed by atoms with van der Waals surface area (Å²) in [7, 11) is 1.72. The van der Waals surface area contributed by atoms with Gasteiger partial charge in [-0.15, -0.1) is 0 Å². The molecule has 148 valence electrons. The molecule has 1 heterocycles. The normalized spacial score (nSPS) is 18.1. The Labute approximate surface area is 162 Å².